The number of fused-ring (bicyclic) bond motifs is 1. The van der Waals surface area contributed by atoms with E-state index in [1.807, 2.05) is 36.7 Å². The Kier molecular flexibility index (Phi) is 2.36. The van der Waals surface area contributed by atoms with Crippen molar-refractivity contribution in [3.63, 3.8) is 0 Å². The van der Waals surface area contributed by atoms with Crippen molar-refractivity contribution < 1.29 is 4.79 Å². The van der Waals surface area contributed by atoms with Crippen molar-refractivity contribution in [2.45, 2.75) is 19.8 Å². The van der Waals surface area contributed by atoms with Gasteiger partial charge in [-0.2, -0.15) is 5.26 Å². The van der Waals surface area contributed by atoms with E-state index in [4.69, 9.17) is 5.26 Å². The topological polar surface area (TPSA) is 70.7 Å². The molecule has 1 aliphatic carbocycles. The first kappa shape index (κ1) is 11.7. The maximum atomic E-state index is 12.0. The Morgan fingerprint density at radius 2 is 2.26 bits per heavy atom. The molecular weight excluding hydrogens is 240 g/mol. The molecule has 0 unspecified atom stereocenters. The number of hydrogen-bond donors (Lipinski definition) is 1. The number of nitriles is 1. The van der Waals surface area contributed by atoms with E-state index >= 15 is 0 Å². The third-order valence-corrected chi connectivity index (χ3v) is 3.76. The van der Waals surface area contributed by atoms with Crippen LogP contribution in [-0.4, -0.2) is 15.5 Å². The highest BCUT2D eigenvalue weighted by atomic mass is 16.2. The van der Waals surface area contributed by atoms with Crippen molar-refractivity contribution in [2.24, 2.45) is 12.5 Å². The van der Waals surface area contributed by atoms with Crippen molar-refractivity contribution >= 4 is 22.6 Å². The molecule has 1 saturated carbocycles. The lowest BCUT2D eigenvalue weighted by Crippen LogP contribution is -2.22. The second-order valence-electron chi connectivity index (χ2n) is 5.07. The number of carbonyl (C=O) groups excluding carboxylic acids is 1. The van der Waals surface area contributed by atoms with Gasteiger partial charge in [-0.1, -0.05) is 0 Å². The fraction of sp³-hybridized carbons (Fsp3) is 0.357. The number of benzene rings is 1. The molecule has 3 rings (SSSR count). The molecule has 2 aromatic rings. The Balaban J connectivity index is 1.90. The highest BCUT2D eigenvalue weighted by Crippen LogP contribution is 2.45. The molecule has 96 valence electrons. The van der Waals surface area contributed by atoms with Gasteiger partial charge in [0.25, 0.3) is 0 Å². The SMILES string of the molecule is Cc1nc2cc(NC(=O)C3(C#N)CC3)ccc2n1C. The smallest absolute Gasteiger partial charge is 0.244 e. The molecule has 19 heavy (non-hydrogen) atoms. The van der Waals surface area contributed by atoms with Gasteiger partial charge in [-0.3, -0.25) is 4.79 Å². The lowest BCUT2D eigenvalue weighted by Gasteiger charge is -2.08. The maximum absolute atomic E-state index is 12.0. The van der Waals surface area contributed by atoms with E-state index in [-0.39, 0.29) is 5.91 Å². The predicted octanol–water partition coefficient (Wildman–Crippen LogP) is 2.12. The van der Waals surface area contributed by atoms with Crippen LogP contribution < -0.4 is 5.32 Å². The Bertz CT molecular complexity index is 719. The number of anilines is 1. The minimum atomic E-state index is -0.797. The van der Waals surface area contributed by atoms with Crippen LogP contribution in [0, 0.1) is 23.7 Å². The minimum Gasteiger partial charge on any atom is -0.331 e. The van der Waals surface area contributed by atoms with E-state index < -0.39 is 5.41 Å². The summed E-state index contributed by atoms with van der Waals surface area (Å²) < 4.78 is 2.00. The van der Waals surface area contributed by atoms with Gasteiger partial charge in [0, 0.05) is 12.7 Å². The van der Waals surface area contributed by atoms with Crippen LogP contribution in [0.15, 0.2) is 18.2 Å². The van der Waals surface area contributed by atoms with Gasteiger partial charge in [0.05, 0.1) is 17.1 Å². The van der Waals surface area contributed by atoms with E-state index in [2.05, 4.69) is 16.4 Å². The number of rotatable bonds is 2. The summed E-state index contributed by atoms with van der Waals surface area (Å²) in [7, 11) is 1.96. The summed E-state index contributed by atoms with van der Waals surface area (Å²) in [5.74, 6) is 0.719. The number of hydrogen-bond acceptors (Lipinski definition) is 3. The summed E-state index contributed by atoms with van der Waals surface area (Å²) in [6.07, 6.45) is 1.31. The molecule has 0 bridgehead atoms. The van der Waals surface area contributed by atoms with E-state index in [9.17, 15) is 4.79 Å². The van der Waals surface area contributed by atoms with Crippen LogP contribution in [-0.2, 0) is 11.8 Å². The third-order valence-electron chi connectivity index (χ3n) is 3.76. The van der Waals surface area contributed by atoms with Gasteiger partial charge >= 0.3 is 0 Å². The number of amides is 1. The standard InChI is InChI=1S/C14H14N4O/c1-9-16-11-7-10(3-4-12(11)18(9)2)17-13(19)14(8-15)5-6-14/h3-4,7H,5-6H2,1-2H3,(H,17,19). The molecule has 0 atom stereocenters. The van der Waals surface area contributed by atoms with Crippen LogP contribution >= 0.6 is 0 Å². The minimum absolute atomic E-state index is 0.206. The fourth-order valence-electron chi connectivity index (χ4n) is 2.16. The molecule has 1 fully saturated rings. The van der Waals surface area contributed by atoms with Crippen LogP contribution in [0.25, 0.3) is 11.0 Å². The predicted molar refractivity (Wildman–Crippen MR) is 71.4 cm³/mol. The molecule has 1 N–H and O–H groups in total. The molecule has 0 saturated heterocycles. The van der Waals surface area contributed by atoms with Gasteiger partial charge in [-0.25, -0.2) is 4.98 Å². The first-order valence-corrected chi connectivity index (χ1v) is 6.21. The van der Waals surface area contributed by atoms with Gasteiger partial charge < -0.3 is 9.88 Å². The lowest BCUT2D eigenvalue weighted by molar-refractivity contribution is -0.119. The summed E-state index contributed by atoms with van der Waals surface area (Å²) in [4.78, 5) is 16.4. The summed E-state index contributed by atoms with van der Waals surface area (Å²) in [6.45, 7) is 1.94. The zero-order valence-corrected chi connectivity index (χ0v) is 10.9. The van der Waals surface area contributed by atoms with Crippen molar-refractivity contribution in [1.82, 2.24) is 9.55 Å². The molecule has 0 aliphatic heterocycles. The highest BCUT2D eigenvalue weighted by Gasteiger charge is 2.50. The number of imidazole rings is 1. The Morgan fingerprint density at radius 1 is 1.53 bits per heavy atom. The molecule has 1 aliphatic rings. The largest absolute Gasteiger partial charge is 0.331 e. The van der Waals surface area contributed by atoms with E-state index in [1.54, 1.807) is 0 Å². The molecule has 1 amide bonds. The summed E-state index contributed by atoms with van der Waals surface area (Å²) in [6, 6.07) is 7.70. The van der Waals surface area contributed by atoms with Gasteiger partial charge in [0.1, 0.15) is 11.2 Å². The average Bonchev–Trinajstić information content (AvgIpc) is 3.14. The molecule has 0 spiro atoms. The van der Waals surface area contributed by atoms with Crippen LogP contribution in [0.1, 0.15) is 18.7 Å². The Labute approximate surface area is 110 Å². The number of carbonyl (C=O) groups is 1. The van der Waals surface area contributed by atoms with Crippen molar-refractivity contribution in [3.05, 3.63) is 24.0 Å². The molecule has 0 radical (unpaired) electrons. The van der Waals surface area contributed by atoms with E-state index in [1.165, 1.54) is 0 Å². The zero-order chi connectivity index (χ0) is 13.6. The van der Waals surface area contributed by atoms with Crippen LogP contribution in [0.2, 0.25) is 0 Å². The summed E-state index contributed by atoms with van der Waals surface area (Å²) in [5.41, 5.74) is 1.77. The maximum Gasteiger partial charge on any atom is 0.244 e. The first-order chi connectivity index (χ1) is 9.05. The highest BCUT2D eigenvalue weighted by molar-refractivity contribution is 6.00. The number of nitrogens with zero attached hydrogens (tertiary/aromatic N) is 3. The molecule has 1 aromatic carbocycles. The first-order valence-electron chi connectivity index (χ1n) is 6.21. The van der Waals surface area contributed by atoms with E-state index in [0.29, 0.717) is 18.5 Å². The van der Waals surface area contributed by atoms with Gasteiger partial charge in [0.15, 0.2) is 0 Å². The van der Waals surface area contributed by atoms with Crippen molar-refractivity contribution in [1.29, 1.82) is 5.26 Å². The molecule has 5 nitrogen and oxygen atoms in total. The third kappa shape index (κ3) is 1.76. The summed E-state index contributed by atoms with van der Waals surface area (Å²) >= 11 is 0. The van der Waals surface area contributed by atoms with Gasteiger partial charge in [-0.05, 0) is 38.0 Å². The number of aromatic nitrogens is 2. The van der Waals surface area contributed by atoms with Crippen LogP contribution in [0.5, 0.6) is 0 Å². The van der Waals surface area contributed by atoms with Crippen LogP contribution in [0.3, 0.4) is 0 Å². The second kappa shape index (κ2) is 3.82. The molecule has 5 heteroatoms. The molecule has 1 aromatic heterocycles. The Hall–Kier alpha value is -2.35. The van der Waals surface area contributed by atoms with Gasteiger partial charge in [-0.15, -0.1) is 0 Å². The molecule has 1 heterocycles. The fourth-order valence-corrected chi connectivity index (χ4v) is 2.16. The Morgan fingerprint density at radius 3 is 2.89 bits per heavy atom. The van der Waals surface area contributed by atoms with Crippen molar-refractivity contribution in [3.8, 4) is 6.07 Å². The molecular formula is C14H14N4O. The van der Waals surface area contributed by atoms with Crippen LogP contribution in [0.4, 0.5) is 5.69 Å². The zero-order valence-electron chi connectivity index (χ0n) is 10.9. The second-order valence-corrected chi connectivity index (χ2v) is 5.07. The average molecular weight is 254 g/mol. The normalized spacial score (nSPS) is 16.1. The van der Waals surface area contributed by atoms with Gasteiger partial charge in [0.2, 0.25) is 5.91 Å². The number of nitrogens with one attached hydrogen (secondary N) is 1. The van der Waals surface area contributed by atoms with E-state index in [0.717, 1.165) is 16.9 Å². The number of aryl methyl sites for hydroxylation is 2. The monoisotopic (exact) mass is 254 g/mol. The summed E-state index contributed by atoms with van der Waals surface area (Å²) in [5, 5.41) is 11.8. The van der Waals surface area contributed by atoms with Crippen molar-refractivity contribution in [2.75, 3.05) is 5.32 Å². The quantitative estimate of drug-likeness (QED) is 0.892. The lowest BCUT2D eigenvalue weighted by atomic mass is 10.1.